The van der Waals surface area contributed by atoms with E-state index in [0.29, 0.717) is 5.92 Å². The van der Waals surface area contributed by atoms with E-state index in [1.165, 1.54) is 0 Å². The average molecular weight is 251 g/mol. The van der Waals surface area contributed by atoms with Crippen molar-refractivity contribution >= 4 is 11.6 Å². The van der Waals surface area contributed by atoms with Crippen molar-refractivity contribution < 1.29 is 0 Å². The van der Waals surface area contributed by atoms with Crippen LogP contribution in [-0.2, 0) is 0 Å². The lowest BCUT2D eigenvalue weighted by Gasteiger charge is -2.23. The van der Waals surface area contributed by atoms with Gasteiger partial charge in [0, 0.05) is 39.8 Å². The molecule has 0 aliphatic rings. The van der Waals surface area contributed by atoms with Crippen molar-refractivity contribution in [3.8, 4) is 0 Å². The number of nitrogens with zero attached hydrogens (tertiary/aromatic N) is 4. The summed E-state index contributed by atoms with van der Waals surface area (Å²) in [6.45, 7) is 7.28. The molecule has 5 heteroatoms. The fraction of sp³-hybridized carbons (Fsp3) is 0.692. The van der Waals surface area contributed by atoms with Crippen molar-refractivity contribution in [3.63, 3.8) is 0 Å². The predicted molar refractivity (Wildman–Crippen MR) is 77.3 cm³/mol. The highest BCUT2D eigenvalue weighted by atomic mass is 15.2. The van der Waals surface area contributed by atoms with Crippen molar-refractivity contribution in [2.45, 2.75) is 13.8 Å². The lowest BCUT2D eigenvalue weighted by Crippen LogP contribution is -2.28. The molecular weight excluding hydrogens is 226 g/mol. The third-order valence-corrected chi connectivity index (χ3v) is 2.76. The monoisotopic (exact) mass is 251 g/mol. The largest absolute Gasteiger partial charge is 0.359 e. The summed E-state index contributed by atoms with van der Waals surface area (Å²) in [6, 6.07) is 2.04. The molecule has 0 aliphatic heterocycles. The Hall–Kier alpha value is -1.36. The molecule has 1 heterocycles. The van der Waals surface area contributed by atoms with Gasteiger partial charge in [-0.15, -0.1) is 0 Å². The van der Waals surface area contributed by atoms with Gasteiger partial charge in [0.25, 0.3) is 0 Å². The summed E-state index contributed by atoms with van der Waals surface area (Å²) in [6.07, 6.45) is 1.64. The van der Waals surface area contributed by atoms with E-state index in [9.17, 15) is 0 Å². The standard InChI is InChI=1S/C13H25N5/c1-11(2)9-18(5)13-8-12(15-10-16-13)17(4)7-6-14-3/h8,10-11,14H,6-7,9H2,1-5H3. The SMILES string of the molecule is CNCCN(C)c1cc(N(C)CC(C)C)ncn1. The summed E-state index contributed by atoms with van der Waals surface area (Å²) < 4.78 is 0. The van der Waals surface area contributed by atoms with Crippen LogP contribution < -0.4 is 15.1 Å². The zero-order valence-electron chi connectivity index (χ0n) is 12.1. The Kier molecular flexibility index (Phi) is 5.85. The summed E-state index contributed by atoms with van der Waals surface area (Å²) in [4.78, 5) is 12.9. The summed E-state index contributed by atoms with van der Waals surface area (Å²) >= 11 is 0. The molecule has 18 heavy (non-hydrogen) atoms. The third-order valence-electron chi connectivity index (χ3n) is 2.76. The van der Waals surface area contributed by atoms with Crippen molar-refractivity contribution in [2.75, 3.05) is 50.6 Å². The Labute approximate surface area is 110 Å². The van der Waals surface area contributed by atoms with Crippen LogP contribution in [0.15, 0.2) is 12.4 Å². The second-order valence-electron chi connectivity index (χ2n) is 5.03. The Morgan fingerprint density at radius 1 is 1.17 bits per heavy atom. The van der Waals surface area contributed by atoms with E-state index in [-0.39, 0.29) is 0 Å². The normalized spacial score (nSPS) is 10.8. The van der Waals surface area contributed by atoms with E-state index >= 15 is 0 Å². The van der Waals surface area contributed by atoms with Gasteiger partial charge in [-0.2, -0.15) is 0 Å². The minimum absolute atomic E-state index is 0.621. The molecule has 0 aliphatic carbocycles. The van der Waals surface area contributed by atoms with Crippen LogP contribution in [0.1, 0.15) is 13.8 Å². The van der Waals surface area contributed by atoms with Crippen LogP contribution in [0.25, 0.3) is 0 Å². The first-order chi connectivity index (χ1) is 8.54. The number of hydrogen-bond donors (Lipinski definition) is 1. The van der Waals surface area contributed by atoms with Gasteiger partial charge in [0.15, 0.2) is 0 Å². The van der Waals surface area contributed by atoms with Crippen LogP contribution in [0.3, 0.4) is 0 Å². The molecule has 1 rings (SSSR count). The van der Waals surface area contributed by atoms with Crippen molar-refractivity contribution in [3.05, 3.63) is 12.4 Å². The van der Waals surface area contributed by atoms with Gasteiger partial charge in [-0.3, -0.25) is 0 Å². The first kappa shape index (κ1) is 14.7. The van der Waals surface area contributed by atoms with E-state index in [1.54, 1.807) is 6.33 Å². The highest BCUT2D eigenvalue weighted by Gasteiger charge is 2.08. The highest BCUT2D eigenvalue weighted by Crippen LogP contribution is 2.16. The Bertz CT molecular complexity index is 353. The second-order valence-corrected chi connectivity index (χ2v) is 5.03. The van der Waals surface area contributed by atoms with Crippen LogP contribution in [-0.4, -0.2) is 50.7 Å². The molecule has 0 radical (unpaired) electrons. The molecule has 1 aromatic heterocycles. The van der Waals surface area contributed by atoms with Gasteiger partial charge in [-0.25, -0.2) is 9.97 Å². The molecule has 0 saturated heterocycles. The van der Waals surface area contributed by atoms with E-state index < -0.39 is 0 Å². The molecular formula is C13H25N5. The van der Waals surface area contributed by atoms with E-state index in [2.05, 4.69) is 46.0 Å². The molecule has 0 aromatic carbocycles. The lowest BCUT2D eigenvalue weighted by atomic mass is 10.2. The maximum atomic E-state index is 4.33. The number of likely N-dealkylation sites (N-methyl/N-ethyl adjacent to an activating group) is 2. The van der Waals surface area contributed by atoms with Crippen LogP contribution in [0, 0.1) is 5.92 Å². The fourth-order valence-corrected chi connectivity index (χ4v) is 1.79. The number of rotatable bonds is 7. The number of aromatic nitrogens is 2. The first-order valence-electron chi connectivity index (χ1n) is 6.43. The van der Waals surface area contributed by atoms with Gasteiger partial charge in [0.1, 0.15) is 18.0 Å². The zero-order chi connectivity index (χ0) is 13.5. The van der Waals surface area contributed by atoms with E-state index in [4.69, 9.17) is 0 Å². The molecule has 1 aromatic rings. The van der Waals surface area contributed by atoms with Crippen LogP contribution in [0.5, 0.6) is 0 Å². The minimum Gasteiger partial charge on any atom is -0.359 e. The Morgan fingerprint density at radius 3 is 2.33 bits per heavy atom. The van der Waals surface area contributed by atoms with Gasteiger partial charge < -0.3 is 15.1 Å². The van der Waals surface area contributed by atoms with Gasteiger partial charge >= 0.3 is 0 Å². The number of nitrogens with one attached hydrogen (secondary N) is 1. The molecule has 0 bridgehead atoms. The topological polar surface area (TPSA) is 44.3 Å². The average Bonchev–Trinajstić information content (AvgIpc) is 2.35. The van der Waals surface area contributed by atoms with E-state index in [0.717, 1.165) is 31.3 Å². The molecule has 0 unspecified atom stereocenters. The maximum absolute atomic E-state index is 4.33. The summed E-state index contributed by atoms with van der Waals surface area (Å²) in [5.74, 6) is 2.56. The maximum Gasteiger partial charge on any atom is 0.133 e. The third kappa shape index (κ3) is 4.49. The van der Waals surface area contributed by atoms with Crippen LogP contribution in [0.4, 0.5) is 11.6 Å². The molecule has 0 fully saturated rings. The van der Waals surface area contributed by atoms with Crippen LogP contribution in [0.2, 0.25) is 0 Å². The highest BCUT2D eigenvalue weighted by molar-refractivity contribution is 5.49. The summed E-state index contributed by atoms with van der Waals surface area (Å²) in [5.41, 5.74) is 0. The van der Waals surface area contributed by atoms with Gasteiger partial charge in [0.05, 0.1) is 0 Å². The molecule has 0 amide bonds. The Morgan fingerprint density at radius 2 is 1.78 bits per heavy atom. The molecule has 1 N–H and O–H groups in total. The molecule has 102 valence electrons. The first-order valence-corrected chi connectivity index (χ1v) is 6.43. The van der Waals surface area contributed by atoms with E-state index in [1.807, 2.05) is 20.2 Å². The number of anilines is 2. The smallest absolute Gasteiger partial charge is 0.133 e. The van der Waals surface area contributed by atoms with Gasteiger partial charge in [-0.1, -0.05) is 13.8 Å². The quantitative estimate of drug-likeness (QED) is 0.789. The fourth-order valence-electron chi connectivity index (χ4n) is 1.79. The van der Waals surface area contributed by atoms with Gasteiger partial charge in [0.2, 0.25) is 0 Å². The number of hydrogen-bond acceptors (Lipinski definition) is 5. The van der Waals surface area contributed by atoms with Crippen molar-refractivity contribution in [2.24, 2.45) is 5.92 Å². The van der Waals surface area contributed by atoms with Crippen molar-refractivity contribution in [1.29, 1.82) is 0 Å². The molecule has 0 saturated carbocycles. The Balaban J connectivity index is 2.72. The lowest BCUT2D eigenvalue weighted by molar-refractivity contribution is 0.634. The predicted octanol–water partition coefficient (Wildman–Crippen LogP) is 1.22. The summed E-state index contributed by atoms with van der Waals surface area (Å²) in [7, 11) is 6.07. The van der Waals surface area contributed by atoms with Crippen molar-refractivity contribution in [1.82, 2.24) is 15.3 Å². The minimum atomic E-state index is 0.621. The molecule has 0 spiro atoms. The molecule has 0 atom stereocenters. The van der Waals surface area contributed by atoms with Crippen LogP contribution >= 0.6 is 0 Å². The second kappa shape index (κ2) is 7.16. The molecule has 5 nitrogen and oxygen atoms in total. The van der Waals surface area contributed by atoms with Gasteiger partial charge in [-0.05, 0) is 13.0 Å². The summed E-state index contributed by atoms with van der Waals surface area (Å²) in [5, 5.41) is 3.14. The zero-order valence-corrected chi connectivity index (χ0v) is 12.1.